The fraction of sp³-hybridized carbons (Fsp3) is 0.282. The summed E-state index contributed by atoms with van der Waals surface area (Å²) in [6.45, 7) is 2.04. The zero-order valence-corrected chi connectivity index (χ0v) is 25.9. The van der Waals surface area contributed by atoms with Gasteiger partial charge in [-0.15, -0.1) is 0 Å². The normalized spacial score (nSPS) is 28.4. The number of hydrogen-bond acceptors (Lipinski definition) is 6. The number of rotatable bonds is 5. The summed E-state index contributed by atoms with van der Waals surface area (Å²) in [4.78, 5) is 59.5. The number of fused-ring (bicyclic) bond motifs is 5. The Hall–Kier alpha value is -5.24. The van der Waals surface area contributed by atoms with Crippen LogP contribution in [0.25, 0.3) is 10.8 Å². The third-order valence-corrected chi connectivity index (χ3v) is 11.2. The molecule has 1 saturated carbocycles. The van der Waals surface area contributed by atoms with Gasteiger partial charge < -0.3 is 10.2 Å². The van der Waals surface area contributed by atoms with E-state index in [0.717, 1.165) is 16.5 Å². The van der Waals surface area contributed by atoms with Crippen LogP contribution in [-0.4, -0.2) is 45.3 Å². The van der Waals surface area contributed by atoms with E-state index in [4.69, 9.17) is 0 Å². The van der Waals surface area contributed by atoms with Crippen LogP contribution in [0.5, 0.6) is 11.5 Å². The van der Waals surface area contributed by atoms with Gasteiger partial charge >= 0.3 is 0 Å². The number of nitrogens with zero attached hydrogens (tertiary/aromatic N) is 2. The summed E-state index contributed by atoms with van der Waals surface area (Å²) in [5, 5.41) is 22.9. The number of imide groups is 2. The van der Waals surface area contributed by atoms with E-state index in [-0.39, 0.29) is 48.1 Å². The number of hydrogen-bond donors (Lipinski definition) is 2. The number of anilines is 1. The second-order valence-corrected chi connectivity index (χ2v) is 13.5. The van der Waals surface area contributed by atoms with E-state index in [0.29, 0.717) is 29.5 Å². The third kappa shape index (κ3) is 4.20. The Kier molecular flexibility index (Phi) is 6.62. The smallest absolute Gasteiger partial charge is 0.241 e. The Bertz CT molecular complexity index is 2000. The van der Waals surface area contributed by atoms with Crippen molar-refractivity contribution in [2.45, 2.75) is 32.1 Å². The number of benzene rings is 4. The van der Waals surface area contributed by atoms with Gasteiger partial charge in [-0.3, -0.25) is 24.1 Å². The number of amides is 4. The van der Waals surface area contributed by atoms with Crippen molar-refractivity contribution in [2.75, 3.05) is 11.4 Å². The quantitative estimate of drug-likeness (QED) is 0.216. The predicted molar refractivity (Wildman–Crippen MR) is 175 cm³/mol. The molecule has 3 fully saturated rings. The van der Waals surface area contributed by atoms with Crippen molar-refractivity contribution < 1.29 is 29.4 Å². The van der Waals surface area contributed by atoms with Crippen molar-refractivity contribution in [3.8, 4) is 11.5 Å². The van der Waals surface area contributed by atoms with Gasteiger partial charge in [0.25, 0.3) is 0 Å². The second-order valence-electron chi connectivity index (χ2n) is 13.5. The molecular weight excluding hydrogens is 592 g/mol. The summed E-state index contributed by atoms with van der Waals surface area (Å²) in [6, 6.07) is 26.9. The van der Waals surface area contributed by atoms with Gasteiger partial charge in [0.2, 0.25) is 23.6 Å². The molecule has 0 radical (unpaired) electrons. The largest absolute Gasteiger partial charge is 0.508 e. The van der Waals surface area contributed by atoms with E-state index >= 15 is 0 Å². The molecular formula is C39H34N2O6. The molecule has 8 rings (SSSR count). The van der Waals surface area contributed by atoms with Crippen LogP contribution in [0.2, 0.25) is 0 Å². The zero-order valence-electron chi connectivity index (χ0n) is 25.9. The minimum absolute atomic E-state index is 0.0551. The average Bonchev–Trinajstić information content (AvgIpc) is 3.44. The highest BCUT2D eigenvalue weighted by atomic mass is 16.3. The number of para-hydroxylation sites is 1. The van der Waals surface area contributed by atoms with Gasteiger partial charge in [0.15, 0.2) is 0 Å². The van der Waals surface area contributed by atoms with Crippen molar-refractivity contribution in [3.63, 3.8) is 0 Å². The predicted octanol–water partition coefficient (Wildman–Crippen LogP) is 5.72. The average molecular weight is 627 g/mol. The Morgan fingerprint density at radius 1 is 0.787 bits per heavy atom. The molecule has 4 aromatic carbocycles. The highest BCUT2D eigenvalue weighted by molar-refractivity contribution is 6.24. The fourth-order valence-corrected chi connectivity index (χ4v) is 8.88. The first-order chi connectivity index (χ1) is 22.7. The van der Waals surface area contributed by atoms with Crippen molar-refractivity contribution in [3.05, 3.63) is 114 Å². The minimum atomic E-state index is -1.23. The highest BCUT2D eigenvalue weighted by Crippen LogP contribution is 2.64. The molecule has 4 aromatic rings. The van der Waals surface area contributed by atoms with Crippen molar-refractivity contribution in [2.24, 2.45) is 29.1 Å². The summed E-state index contributed by atoms with van der Waals surface area (Å²) in [5.41, 5.74) is 1.54. The summed E-state index contributed by atoms with van der Waals surface area (Å²) in [7, 11) is 0. The fourth-order valence-electron chi connectivity index (χ4n) is 8.88. The van der Waals surface area contributed by atoms with Crippen LogP contribution in [0, 0.1) is 29.1 Å². The molecule has 2 aliphatic carbocycles. The highest BCUT2D eigenvalue weighted by Gasteiger charge is 2.67. The molecule has 236 valence electrons. The van der Waals surface area contributed by atoms with Gasteiger partial charge in [-0.2, -0.15) is 0 Å². The van der Waals surface area contributed by atoms with Crippen LogP contribution < -0.4 is 4.90 Å². The lowest BCUT2D eigenvalue weighted by molar-refractivity contribution is -0.140. The van der Waals surface area contributed by atoms with Crippen LogP contribution in [0.3, 0.4) is 0 Å². The lowest BCUT2D eigenvalue weighted by Gasteiger charge is -2.49. The number of carbonyl (C=O) groups is 4. The lowest BCUT2D eigenvalue weighted by Crippen LogP contribution is -2.49. The van der Waals surface area contributed by atoms with Crippen molar-refractivity contribution >= 4 is 40.1 Å². The van der Waals surface area contributed by atoms with Crippen LogP contribution in [0.1, 0.15) is 36.8 Å². The van der Waals surface area contributed by atoms with Gasteiger partial charge in [-0.25, -0.2) is 4.90 Å². The van der Waals surface area contributed by atoms with E-state index in [1.807, 2.05) is 55.5 Å². The molecule has 6 atom stereocenters. The molecule has 4 amide bonds. The molecule has 4 aliphatic rings. The number of phenols is 2. The Balaban J connectivity index is 1.23. The third-order valence-electron chi connectivity index (χ3n) is 11.2. The summed E-state index contributed by atoms with van der Waals surface area (Å²) in [5.74, 6) is -4.04. The standard InChI is InChI=1S/C39H34N2O6/c1-39-31(36(45)41(38(39)47)24-8-3-2-4-9-24)21-30-27(33(39)29-16-13-23-7-5-6-10-26(23)34(29)43)17-18-28-32(30)37(46)40(35(28)44)20-19-22-11-14-25(42)15-12-22/h2-17,28,30-33,42-43H,18-21H2,1H3/t28-,30+,31-,32-,33+,39+/m0/s1. The molecule has 8 heteroatoms. The number of allylic oxidation sites excluding steroid dienone is 2. The Labute approximate surface area is 271 Å². The zero-order chi connectivity index (χ0) is 32.6. The first-order valence-corrected chi connectivity index (χ1v) is 16.2. The maximum Gasteiger partial charge on any atom is 0.241 e. The van der Waals surface area contributed by atoms with Crippen LogP contribution in [-0.2, 0) is 25.6 Å². The van der Waals surface area contributed by atoms with E-state index in [2.05, 4.69) is 0 Å². The van der Waals surface area contributed by atoms with Crippen LogP contribution in [0.4, 0.5) is 5.69 Å². The van der Waals surface area contributed by atoms with Crippen LogP contribution >= 0.6 is 0 Å². The molecule has 47 heavy (non-hydrogen) atoms. The summed E-state index contributed by atoms with van der Waals surface area (Å²) >= 11 is 0. The first kappa shape index (κ1) is 29.2. The van der Waals surface area contributed by atoms with Gasteiger partial charge in [0.05, 0.1) is 28.9 Å². The van der Waals surface area contributed by atoms with E-state index < -0.39 is 35.0 Å². The van der Waals surface area contributed by atoms with Crippen molar-refractivity contribution in [1.82, 2.24) is 4.90 Å². The molecule has 2 heterocycles. The monoisotopic (exact) mass is 626 g/mol. The molecule has 0 unspecified atom stereocenters. The molecule has 2 N–H and O–H groups in total. The molecule has 8 nitrogen and oxygen atoms in total. The number of likely N-dealkylation sites (tertiary alicyclic amines) is 1. The molecule has 0 bridgehead atoms. The van der Waals surface area contributed by atoms with Crippen LogP contribution in [0.15, 0.2) is 103 Å². The van der Waals surface area contributed by atoms with Gasteiger partial charge in [0, 0.05) is 23.4 Å². The number of carbonyl (C=O) groups excluding carboxylic acids is 4. The number of phenolic OH excluding ortho intramolecular Hbond substituents is 2. The molecule has 0 spiro atoms. The van der Waals surface area contributed by atoms with Gasteiger partial charge in [-0.05, 0) is 67.3 Å². The first-order valence-electron chi connectivity index (χ1n) is 16.2. The molecule has 2 aliphatic heterocycles. The minimum Gasteiger partial charge on any atom is -0.508 e. The van der Waals surface area contributed by atoms with E-state index in [1.165, 1.54) is 9.80 Å². The van der Waals surface area contributed by atoms with E-state index in [1.54, 1.807) is 48.5 Å². The maximum atomic E-state index is 14.6. The summed E-state index contributed by atoms with van der Waals surface area (Å²) < 4.78 is 0. The second kappa shape index (κ2) is 10.7. The maximum absolute atomic E-state index is 14.6. The van der Waals surface area contributed by atoms with Gasteiger partial charge in [0.1, 0.15) is 11.5 Å². The molecule has 0 aromatic heterocycles. The molecule has 2 saturated heterocycles. The van der Waals surface area contributed by atoms with Crippen molar-refractivity contribution in [1.29, 1.82) is 0 Å². The Morgan fingerprint density at radius 2 is 1.51 bits per heavy atom. The number of aromatic hydroxyl groups is 2. The van der Waals surface area contributed by atoms with E-state index in [9.17, 15) is 29.4 Å². The SMILES string of the molecule is C[C@@]12C(=O)N(c3ccccc3)C(=O)[C@@H]1C[C@@H]1C(=CC[C@@H]3C(=O)N(CCc4ccc(O)cc4)C(=O)[C@@H]31)[C@@H]2c1ccc2ccccc2c1O. The summed E-state index contributed by atoms with van der Waals surface area (Å²) in [6.07, 6.45) is 3.06. The van der Waals surface area contributed by atoms with Gasteiger partial charge in [-0.1, -0.05) is 78.4 Å². The lowest BCUT2D eigenvalue weighted by atomic mass is 9.51. The topological polar surface area (TPSA) is 115 Å². The Morgan fingerprint density at radius 3 is 2.28 bits per heavy atom.